The Hall–Kier alpha value is -0.870. The molecule has 1 amide bonds. The fourth-order valence-electron chi connectivity index (χ4n) is 1.29. The Kier molecular flexibility index (Phi) is 7.95. The van der Waals surface area contributed by atoms with Gasteiger partial charge in [-0.05, 0) is 19.5 Å². The van der Waals surface area contributed by atoms with Crippen molar-refractivity contribution in [2.75, 3.05) is 26.2 Å². The molecular formula is C11H23N3O. The van der Waals surface area contributed by atoms with Crippen molar-refractivity contribution >= 4 is 5.91 Å². The van der Waals surface area contributed by atoms with Gasteiger partial charge >= 0.3 is 0 Å². The maximum Gasteiger partial charge on any atom is 0.237 e. The van der Waals surface area contributed by atoms with Gasteiger partial charge in [-0.15, -0.1) is 6.58 Å². The van der Waals surface area contributed by atoms with Crippen LogP contribution < -0.4 is 11.1 Å². The number of hydrogen-bond donors (Lipinski definition) is 2. The smallest absolute Gasteiger partial charge is 0.237 e. The lowest BCUT2D eigenvalue weighted by atomic mass is 10.2. The number of nitrogens with two attached hydrogens (primary N) is 1. The van der Waals surface area contributed by atoms with Gasteiger partial charge in [0, 0.05) is 13.1 Å². The Morgan fingerprint density at radius 1 is 1.53 bits per heavy atom. The van der Waals surface area contributed by atoms with Crippen LogP contribution in [0, 0.1) is 0 Å². The van der Waals surface area contributed by atoms with E-state index in [0.717, 1.165) is 19.6 Å². The highest BCUT2D eigenvalue weighted by molar-refractivity contribution is 5.81. The number of carbonyl (C=O) groups excluding carboxylic acids is 1. The normalized spacial score (nSPS) is 12.5. The average molecular weight is 213 g/mol. The van der Waals surface area contributed by atoms with Crippen LogP contribution in [-0.2, 0) is 4.79 Å². The van der Waals surface area contributed by atoms with E-state index >= 15 is 0 Å². The SMILES string of the molecule is C=CCC(N)C(=O)NCCN(CC)CC. The standard InChI is InChI=1S/C11H23N3O/c1-4-7-10(12)11(15)13-8-9-14(5-2)6-3/h4,10H,1,5-9,12H2,2-3H3,(H,13,15). The van der Waals surface area contributed by atoms with E-state index in [1.54, 1.807) is 6.08 Å². The van der Waals surface area contributed by atoms with Gasteiger partial charge in [0.1, 0.15) is 0 Å². The van der Waals surface area contributed by atoms with Gasteiger partial charge in [-0.3, -0.25) is 4.79 Å². The van der Waals surface area contributed by atoms with Crippen molar-refractivity contribution < 1.29 is 4.79 Å². The number of carbonyl (C=O) groups is 1. The van der Waals surface area contributed by atoms with Gasteiger partial charge in [-0.25, -0.2) is 0 Å². The van der Waals surface area contributed by atoms with Crippen LogP contribution in [-0.4, -0.2) is 43.0 Å². The van der Waals surface area contributed by atoms with Gasteiger partial charge < -0.3 is 16.0 Å². The Balaban J connectivity index is 3.66. The minimum absolute atomic E-state index is 0.0953. The third-order valence-corrected chi connectivity index (χ3v) is 2.38. The van der Waals surface area contributed by atoms with Crippen molar-refractivity contribution in [3.63, 3.8) is 0 Å². The van der Waals surface area contributed by atoms with E-state index in [1.165, 1.54) is 0 Å². The Morgan fingerprint density at radius 3 is 2.60 bits per heavy atom. The topological polar surface area (TPSA) is 58.4 Å². The lowest BCUT2D eigenvalue weighted by Gasteiger charge is -2.18. The second-order valence-corrected chi connectivity index (χ2v) is 3.45. The maximum atomic E-state index is 11.4. The molecule has 1 unspecified atom stereocenters. The fourth-order valence-corrected chi connectivity index (χ4v) is 1.29. The largest absolute Gasteiger partial charge is 0.353 e. The summed E-state index contributed by atoms with van der Waals surface area (Å²) in [7, 11) is 0. The first-order valence-electron chi connectivity index (χ1n) is 5.52. The summed E-state index contributed by atoms with van der Waals surface area (Å²) in [6, 6.07) is -0.459. The number of hydrogen-bond acceptors (Lipinski definition) is 3. The van der Waals surface area contributed by atoms with E-state index < -0.39 is 6.04 Å². The summed E-state index contributed by atoms with van der Waals surface area (Å²) >= 11 is 0. The molecule has 0 spiro atoms. The van der Waals surface area contributed by atoms with Gasteiger partial charge in [0.2, 0.25) is 5.91 Å². The van der Waals surface area contributed by atoms with E-state index in [-0.39, 0.29) is 5.91 Å². The molecule has 0 aliphatic rings. The van der Waals surface area contributed by atoms with Crippen LogP contribution in [0.1, 0.15) is 20.3 Å². The van der Waals surface area contributed by atoms with E-state index in [2.05, 4.69) is 30.6 Å². The summed E-state index contributed by atoms with van der Waals surface area (Å²) in [6.45, 7) is 11.3. The molecule has 0 aliphatic carbocycles. The van der Waals surface area contributed by atoms with Crippen LogP contribution in [0.2, 0.25) is 0 Å². The molecule has 0 fully saturated rings. The highest BCUT2D eigenvalue weighted by atomic mass is 16.2. The molecule has 88 valence electrons. The fraction of sp³-hybridized carbons (Fsp3) is 0.727. The molecular weight excluding hydrogens is 190 g/mol. The molecule has 4 heteroatoms. The van der Waals surface area contributed by atoms with Crippen LogP contribution in [0.5, 0.6) is 0 Å². The van der Waals surface area contributed by atoms with Crippen LogP contribution >= 0.6 is 0 Å². The summed E-state index contributed by atoms with van der Waals surface area (Å²) in [5.74, 6) is -0.0953. The third-order valence-electron chi connectivity index (χ3n) is 2.38. The first-order valence-corrected chi connectivity index (χ1v) is 5.52. The second kappa shape index (κ2) is 8.44. The summed E-state index contributed by atoms with van der Waals surface area (Å²) in [5, 5.41) is 2.81. The van der Waals surface area contributed by atoms with Crippen molar-refractivity contribution in [1.29, 1.82) is 0 Å². The molecule has 0 aromatic rings. The van der Waals surface area contributed by atoms with Gasteiger partial charge in [0.15, 0.2) is 0 Å². The van der Waals surface area contributed by atoms with Crippen molar-refractivity contribution in [3.8, 4) is 0 Å². The van der Waals surface area contributed by atoms with E-state index in [9.17, 15) is 4.79 Å². The molecule has 0 rings (SSSR count). The molecule has 0 aliphatic heterocycles. The molecule has 0 aromatic heterocycles. The van der Waals surface area contributed by atoms with E-state index in [0.29, 0.717) is 13.0 Å². The van der Waals surface area contributed by atoms with Crippen molar-refractivity contribution in [2.45, 2.75) is 26.3 Å². The average Bonchev–Trinajstić information content (AvgIpc) is 2.24. The lowest BCUT2D eigenvalue weighted by molar-refractivity contribution is -0.122. The van der Waals surface area contributed by atoms with Gasteiger partial charge in [0.25, 0.3) is 0 Å². The minimum Gasteiger partial charge on any atom is -0.353 e. The first kappa shape index (κ1) is 14.1. The van der Waals surface area contributed by atoms with E-state index in [1.807, 2.05) is 0 Å². The molecule has 3 N–H and O–H groups in total. The predicted octanol–water partition coefficient (Wildman–Crippen LogP) is 0.348. The first-order chi connectivity index (χ1) is 7.15. The zero-order valence-electron chi connectivity index (χ0n) is 9.83. The molecule has 15 heavy (non-hydrogen) atoms. The number of amides is 1. The number of likely N-dealkylation sites (N-methyl/N-ethyl adjacent to an activating group) is 1. The van der Waals surface area contributed by atoms with Crippen molar-refractivity contribution in [3.05, 3.63) is 12.7 Å². The number of nitrogens with one attached hydrogen (secondary N) is 1. The Labute approximate surface area is 92.5 Å². The van der Waals surface area contributed by atoms with Gasteiger partial charge in [0.05, 0.1) is 6.04 Å². The highest BCUT2D eigenvalue weighted by Gasteiger charge is 2.10. The molecule has 4 nitrogen and oxygen atoms in total. The van der Waals surface area contributed by atoms with Crippen LogP contribution in [0.4, 0.5) is 0 Å². The van der Waals surface area contributed by atoms with Crippen molar-refractivity contribution in [2.24, 2.45) is 5.73 Å². The quantitative estimate of drug-likeness (QED) is 0.572. The molecule has 0 saturated heterocycles. The minimum atomic E-state index is -0.459. The summed E-state index contributed by atoms with van der Waals surface area (Å²) in [6.07, 6.45) is 2.19. The molecule has 1 atom stereocenters. The Bertz CT molecular complexity index is 190. The second-order valence-electron chi connectivity index (χ2n) is 3.45. The van der Waals surface area contributed by atoms with Crippen LogP contribution in [0.3, 0.4) is 0 Å². The third kappa shape index (κ3) is 6.25. The molecule has 0 heterocycles. The molecule has 0 saturated carbocycles. The van der Waals surface area contributed by atoms with Crippen LogP contribution in [0.15, 0.2) is 12.7 Å². The Morgan fingerprint density at radius 2 is 2.13 bits per heavy atom. The van der Waals surface area contributed by atoms with Crippen molar-refractivity contribution in [1.82, 2.24) is 10.2 Å². The van der Waals surface area contributed by atoms with Gasteiger partial charge in [-0.1, -0.05) is 19.9 Å². The molecule has 0 bridgehead atoms. The van der Waals surface area contributed by atoms with E-state index in [4.69, 9.17) is 5.73 Å². The number of rotatable bonds is 8. The molecule has 0 radical (unpaired) electrons. The molecule has 0 aromatic carbocycles. The maximum absolute atomic E-state index is 11.4. The summed E-state index contributed by atoms with van der Waals surface area (Å²) in [4.78, 5) is 13.6. The predicted molar refractivity (Wildman–Crippen MR) is 63.6 cm³/mol. The zero-order chi connectivity index (χ0) is 11.7. The monoisotopic (exact) mass is 213 g/mol. The number of nitrogens with zero attached hydrogens (tertiary/aromatic N) is 1. The summed E-state index contributed by atoms with van der Waals surface area (Å²) < 4.78 is 0. The lowest BCUT2D eigenvalue weighted by Crippen LogP contribution is -2.43. The summed E-state index contributed by atoms with van der Waals surface area (Å²) in [5.41, 5.74) is 5.61. The van der Waals surface area contributed by atoms with Gasteiger partial charge in [-0.2, -0.15) is 0 Å². The van der Waals surface area contributed by atoms with Crippen LogP contribution in [0.25, 0.3) is 0 Å². The zero-order valence-corrected chi connectivity index (χ0v) is 9.83. The highest BCUT2D eigenvalue weighted by Crippen LogP contribution is 1.89.